The minimum Gasteiger partial charge on any atom is -0.266 e. The SMILES string of the molecule is Cc1ccc(C(=O)NOCC(F)(F)F)s1. The van der Waals surface area contributed by atoms with Crippen LogP contribution in [0.4, 0.5) is 13.2 Å². The van der Waals surface area contributed by atoms with E-state index in [9.17, 15) is 18.0 Å². The van der Waals surface area contributed by atoms with Gasteiger partial charge in [-0.1, -0.05) is 0 Å². The van der Waals surface area contributed by atoms with Gasteiger partial charge < -0.3 is 0 Å². The van der Waals surface area contributed by atoms with E-state index in [1.807, 2.05) is 0 Å². The molecular formula is C8H8F3NO2S. The number of hydroxylamine groups is 1. The lowest BCUT2D eigenvalue weighted by Gasteiger charge is -2.06. The number of halogens is 3. The second-order valence-electron chi connectivity index (χ2n) is 2.75. The first-order valence-electron chi connectivity index (χ1n) is 3.94. The summed E-state index contributed by atoms with van der Waals surface area (Å²) in [6.07, 6.45) is -4.45. The van der Waals surface area contributed by atoms with Crippen molar-refractivity contribution in [1.82, 2.24) is 5.48 Å². The van der Waals surface area contributed by atoms with Gasteiger partial charge in [0.15, 0.2) is 6.61 Å². The number of hydrogen-bond donors (Lipinski definition) is 1. The Labute approximate surface area is 87.8 Å². The van der Waals surface area contributed by atoms with Crippen molar-refractivity contribution in [3.63, 3.8) is 0 Å². The van der Waals surface area contributed by atoms with Gasteiger partial charge in [-0.3, -0.25) is 9.63 Å². The van der Waals surface area contributed by atoms with Gasteiger partial charge in [-0.25, -0.2) is 5.48 Å². The van der Waals surface area contributed by atoms with Gasteiger partial charge >= 0.3 is 6.18 Å². The van der Waals surface area contributed by atoms with Gasteiger partial charge in [0, 0.05) is 4.88 Å². The molecule has 0 aliphatic rings. The molecule has 0 saturated carbocycles. The topological polar surface area (TPSA) is 38.3 Å². The quantitative estimate of drug-likeness (QED) is 0.822. The highest BCUT2D eigenvalue weighted by Crippen LogP contribution is 2.16. The Morgan fingerprint density at radius 2 is 2.20 bits per heavy atom. The van der Waals surface area contributed by atoms with Crippen LogP contribution in [0.25, 0.3) is 0 Å². The van der Waals surface area contributed by atoms with E-state index in [0.29, 0.717) is 4.88 Å². The number of carbonyl (C=O) groups excluding carboxylic acids is 1. The minimum atomic E-state index is -4.45. The van der Waals surface area contributed by atoms with Crippen LogP contribution in [0.1, 0.15) is 14.5 Å². The highest BCUT2D eigenvalue weighted by atomic mass is 32.1. The van der Waals surface area contributed by atoms with Crippen molar-refractivity contribution in [2.24, 2.45) is 0 Å². The van der Waals surface area contributed by atoms with Gasteiger partial charge in [0.1, 0.15) is 0 Å². The van der Waals surface area contributed by atoms with Gasteiger partial charge in [-0.15, -0.1) is 11.3 Å². The van der Waals surface area contributed by atoms with Crippen LogP contribution in [0, 0.1) is 6.92 Å². The molecule has 0 saturated heterocycles. The van der Waals surface area contributed by atoms with Crippen LogP contribution in [-0.2, 0) is 4.84 Å². The van der Waals surface area contributed by atoms with Crippen molar-refractivity contribution in [3.8, 4) is 0 Å². The predicted molar refractivity (Wildman–Crippen MR) is 48.5 cm³/mol. The van der Waals surface area contributed by atoms with Gasteiger partial charge in [-0.05, 0) is 19.1 Å². The molecule has 1 aromatic rings. The monoisotopic (exact) mass is 239 g/mol. The third-order valence-electron chi connectivity index (χ3n) is 1.36. The molecule has 15 heavy (non-hydrogen) atoms. The van der Waals surface area contributed by atoms with E-state index < -0.39 is 18.7 Å². The number of carbonyl (C=O) groups is 1. The normalized spacial score (nSPS) is 11.5. The second kappa shape index (κ2) is 4.63. The molecule has 0 atom stereocenters. The molecule has 1 N–H and O–H groups in total. The summed E-state index contributed by atoms with van der Waals surface area (Å²) < 4.78 is 34.9. The van der Waals surface area contributed by atoms with Crippen molar-refractivity contribution in [1.29, 1.82) is 0 Å². The molecule has 84 valence electrons. The zero-order valence-corrected chi connectivity index (χ0v) is 8.54. The Balaban J connectivity index is 2.37. The zero-order chi connectivity index (χ0) is 11.5. The molecule has 0 aliphatic carbocycles. The maximum Gasteiger partial charge on any atom is 0.414 e. The van der Waals surface area contributed by atoms with Crippen LogP contribution in [0.15, 0.2) is 12.1 Å². The largest absolute Gasteiger partial charge is 0.414 e. The number of rotatable bonds is 3. The summed E-state index contributed by atoms with van der Waals surface area (Å²) in [5, 5.41) is 0. The highest BCUT2D eigenvalue weighted by molar-refractivity contribution is 7.13. The Bertz CT molecular complexity index is 348. The van der Waals surface area contributed by atoms with Crippen molar-refractivity contribution in [3.05, 3.63) is 21.9 Å². The molecular weight excluding hydrogens is 231 g/mol. The first-order chi connectivity index (χ1) is 6.88. The van der Waals surface area contributed by atoms with Crippen LogP contribution < -0.4 is 5.48 Å². The number of nitrogens with one attached hydrogen (secondary N) is 1. The third kappa shape index (κ3) is 4.30. The van der Waals surface area contributed by atoms with E-state index >= 15 is 0 Å². The molecule has 0 spiro atoms. The van der Waals surface area contributed by atoms with Crippen molar-refractivity contribution >= 4 is 17.2 Å². The zero-order valence-electron chi connectivity index (χ0n) is 7.72. The standard InChI is InChI=1S/C8H8F3NO2S/c1-5-2-3-6(15-5)7(13)12-14-4-8(9,10)11/h2-3H,4H2,1H3,(H,12,13). The molecule has 1 aromatic heterocycles. The first kappa shape index (κ1) is 12.0. The molecule has 0 aromatic carbocycles. The first-order valence-corrected chi connectivity index (χ1v) is 4.75. The number of amides is 1. The van der Waals surface area contributed by atoms with Gasteiger partial charge in [0.05, 0.1) is 4.88 Å². The van der Waals surface area contributed by atoms with Crippen molar-refractivity contribution in [2.45, 2.75) is 13.1 Å². The van der Waals surface area contributed by atoms with Crippen LogP contribution in [0.3, 0.4) is 0 Å². The molecule has 1 heterocycles. The fourth-order valence-corrected chi connectivity index (χ4v) is 1.54. The summed E-state index contributed by atoms with van der Waals surface area (Å²) in [6, 6.07) is 3.22. The molecule has 3 nitrogen and oxygen atoms in total. The lowest BCUT2D eigenvalue weighted by Crippen LogP contribution is -2.29. The maximum absolute atomic E-state index is 11.6. The summed E-state index contributed by atoms with van der Waals surface area (Å²) in [5.74, 6) is -0.669. The maximum atomic E-state index is 11.6. The number of aryl methyl sites for hydroxylation is 1. The fraction of sp³-hybridized carbons (Fsp3) is 0.375. The summed E-state index contributed by atoms with van der Waals surface area (Å²) >= 11 is 1.18. The highest BCUT2D eigenvalue weighted by Gasteiger charge is 2.28. The molecule has 0 bridgehead atoms. The summed E-state index contributed by atoms with van der Waals surface area (Å²) in [6.45, 7) is 0.293. The Hall–Kier alpha value is -1.08. The lowest BCUT2D eigenvalue weighted by molar-refractivity contribution is -0.184. The predicted octanol–water partition coefficient (Wildman–Crippen LogP) is 2.28. The van der Waals surface area contributed by atoms with Gasteiger partial charge in [-0.2, -0.15) is 13.2 Å². The van der Waals surface area contributed by atoms with Crippen LogP contribution in [-0.4, -0.2) is 18.7 Å². The van der Waals surface area contributed by atoms with Crippen molar-refractivity contribution < 1.29 is 22.8 Å². The smallest absolute Gasteiger partial charge is 0.266 e. The van der Waals surface area contributed by atoms with Crippen molar-refractivity contribution in [2.75, 3.05) is 6.61 Å². The molecule has 1 rings (SSSR count). The second-order valence-corrected chi connectivity index (χ2v) is 4.03. The van der Waals surface area contributed by atoms with Gasteiger partial charge in [0.2, 0.25) is 0 Å². The van der Waals surface area contributed by atoms with E-state index in [1.54, 1.807) is 18.5 Å². The summed E-state index contributed by atoms with van der Waals surface area (Å²) in [5.41, 5.74) is 1.72. The molecule has 1 amide bonds. The molecule has 0 aliphatic heterocycles. The van der Waals surface area contributed by atoms with E-state index in [-0.39, 0.29) is 0 Å². The third-order valence-corrected chi connectivity index (χ3v) is 2.36. The van der Waals surface area contributed by atoms with Crippen LogP contribution in [0.5, 0.6) is 0 Å². The Morgan fingerprint density at radius 1 is 1.53 bits per heavy atom. The fourth-order valence-electron chi connectivity index (χ4n) is 0.790. The summed E-state index contributed by atoms with van der Waals surface area (Å²) in [7, 11) is 0. The number of alkyl halides is 3. The Kier molecular flexibility index (Phi) is 3.70. The van der Waals surface area contributed by atoms with E-state index in [2.05, 4.69) is 4.84 Å². The minimum absolute atomic E-state index is 0.315. The van der Waals surface area contributed by atoms with Gasteiger partial charge in [0.25, 0.3) is 5.91 Å². The average Bonchev–Trinajstić information content (AvgIpc) is 2.49. The molecule has 0 radical (unpaired) electrons. The average molecular weight is 239 g/mol. The Morgan fingerprint density at radius 3 is 2.67 bits per heavy atom. The van der Waals surface area contributed by atoms with E-state index in [0.717, 1.165) is 4.88 Å². The number of thiophene rings is 1. The van der Waals surface area contributed by atoms with Crippen LogP contribution >= 0.6 is 11.3 Å². The van der Waals surface area contributed by atoms with E-state index in [1.165, 1.54) is 17.4 Å². The molecule has 0 unspecified atom stereocenters. The van der Waals surface area contributed by atoms with E-state index in [4.69, 9.17) is 0 Å². The number of hydrogen-bond acceptors (Lipinski definition) is 3. The van der Waals surface area contributed by atoms with Crippen LogP contribution in [0.2, 0.25) is 0 Å². The molecule has 7 heteroatoms. The summed E-state index contributed by atoms with van der Waals surface area (Å²) in [4.78, 5) is 16.4. The molecule has 0 fully saturated rings. The lowest BCUT2D eigenvalue weighted by atomic mass is 10.4.